The molecule has 0 saturated heterocycles. The second-order valence-corrected chi connectivity index (χ2v) is 5.21. The van der Waals surface area contributed by atoms with Crippen molar-refractivity contribution in [2.24, 2.45) is 0 Å². The molecular weight excluding hydrogens is 236 g/mol. The van der Waals surface area contributed by atoms with Crippen LogP contribution in [0.5, 0.6) is 0 Å². The van der Waals surface area contributed by atoms with E-state index in [9.17, 15) is 4.79 Å². The molecule has 1 aliphatic heterocycles. The quantitative estimate of drug-likeness (QED) is 0.878. The molecule has 1 amide bonds. The molecule has 0 unspecified atom stereocenters. The lowest BCUT2D eigenvalue weighted by molar-refractivity contribution is -0.131. The third-order valence-electron chi connectivity index (χ3n) is 3.71. The molecule has 19 heavy (non-hydrogen) atoms. The topological polar surface area (TPSA) is 36.1 Å². The lowest BCUT2D eigenvalue weighted by atomic mass is 10.1. The number of rotatable bonds is 2. The molecule has 3 rings (SSSR count). The zero-order chi connectivity index (χ0) is 13.2. The maximum Gasteiger partial charge on any atom is 0.227 e. The fraction of sp³-hybridized carbons (Fsp3) is 0.312. The van der Waals surface area contributed by atoms with Crippen molar-refractivity contribution in [3.05, 3.63) is 58.9 Å². The summed E-state index contributed by atoms with van der Waals surface area (Å²) in [5.74, 6) is 0.220. The van der Waals surface area contributed by atoms with E-state index in [0.717, 1.165) is 25.1 Å². The first-order chi connectivity index (χ1) is 9.22. The van der Waals surface area contributed by atoms with Crippen molar-refractivity contribution in [1.82, 2.24) is 9.88 Å². The number of nitrogens with one attached hydrogen (secondary N) is 1. The molecule has 1 aromatic carbocycles. The average molecular weight is 254 g/mol. The van der Waals surface area contributed by atoms with Gasteiger partial charge in [0.05, 0.1) is 6.42 Å². The Morgan fingerprint density at radius 1 is 1.37 bits per heavy atom. The highest BCUT2D eigenvalue weighted by molar-refractivity contribution is 5.79. The minimum absolute atomic E-state index is 0.220. The molecule has 0 aliphatic carbocycles. The normalized spacial score (nSPS) is 14.3. The molecule has 0 fully saturated rings. The summed E-state index contributed by atoms with van der Waals surface area (Å²) in [6.07, 6.45) is 3.39. The van der Waals surface area contributed by atoms with Crippen LogP contribution in [-0.2, 0) is 24.2 Å². The Labute approximate surface area is 113 Å². The van der Waals surface area contributed by atoms with E-state index < -0.39 is 0 Å². The van der Waals surface area contributed by atoms with Crippen molar-refractivity contribution in [3.8, 4) is 0 Å². The number of amides is 1. The van der Waals surface area contributed by atoms with E-state index in [1.165, 1.54) is 16.8 Å². The molecule has 0 spiro atoms. The number of nitrogens with zero attached hydrogens (tertiary/aromatic N) is 1. The van der Waals surface area contributed by atoms with Gasteiger partial charge in [0, 0.05) is 31.4 Å². The Morgan fingerprint density at radius 3 is 3.11 bits per heavy atom. The van der Waals surface area contributed by atoms with Crippen LogP contribution in [0.3, 0.4) is 0 Å². The zero-order valence-corrected chi connectivity index (χ0v) is 11.1. The number of aromatic nitrogens is 1. The number of fused-ring (bicyclic) bond motifs is 1. The van der Waals surface area contributed by atoms with E-state index in [2.05, 4.69) is 30.1 Å². The summed E-state index contributed by atoms with van der Waals surface area (Å²) in [5.41, 5.74) is 4.84. The van der Waals surface area contributed by atoms with Gasteiger partial charge < -0.3 is 9.88 Å². The van der Waals surface area contributed by atoms with E-state index in [-0.39, 0.29) is 5.91 Å². The van der Waals surface area contributed by atoms with Gasteiger partial charge in [0.25, 0.3) is 0 Å². The van der Waals surface area contributed by atoms with E-state index in [1.54, 1.807) is 0 Å². The molecule has 0 radical (unpaired) electrons. The van der Waals surface area contributed by atoms with Crippen molar-refractivity contribution >= 4 is 5.91 Å². The molecule has 0 bridgehead atoms. The van der Waals surface area contributed by atoms with Crippen molar-refractivity contribution in [2.75, 3.05) is 6.54 Å². The van der Waals surface area contributed by atoms with Crippen LogP contribution in [-0.4, -0.2) is 22.3 Å². The first kappa shape index (κ1) is 12.0. The minimum atomic E-state index is 0.220. The second kappa shape index (κ2) is 4.92. The summed E-state index contributed by atoms with van der Waals surface area (Å²) in [4.78, 5) is 17.5. The number of carbonyl (C=O) groups is 1. The largest absolute Gasteiger partial charge is 0.365 e. The zero-order valence-electron chi connectivity index (χ0n) is 11.1. The lowest BCUT2D eigenvalue weighted by Crippen LogP contribution is -2.36. The van der Waals surface area contributed by atoms with Crippen LogP contribution < -0.4 is 0 Å². The van der Waals surface area contributed by atoms with Gasteiger partial charge in [-0.15, -0.1) is 0 Å². The smallest absolute Gasteiger partial charge is 0.227 e. The third kappa shape index (κ3) is 2.55. The van der Waals surface area contributed by atoms with E-state index in [1.807, 2.05) is 23.2 Å². The number of aromatic amines is 1. The van der Waals surface area contributed by atoms with Gasteiger partial charge in [0.15, 0.2) is 0 Å². The van der Waals surface area contributed by atoms with Gasteiger partial charge in [-0.05, 0) is 24.1 Å². The molecule has 1 aliphatic rings. The monoisotopic (exact) mass is 254 g/mol. The summed E-state index contributed by atoms with van der Waals surface area (Å²) in [5, 5.41) is 0. The standard InChI is InChI=1S/C16H18N2O/c1-12-3-2-4-13(9-12)10-16(19)18-8-6-15-14(11-18)5-7-17-15/h2-5,7,9,17H,6,8,10-11H2,1H3. The molecule has 2 aromatic rings. The molecule has 2 heterocycles. The fourth-order valence-corrected chi connectivity index (χ4v) is 2.67. The van der Waals surface area contributed by atoms with Crippen molar-refractivity contribution in [2.45, 2.75) is 26.3 Å². The van der Waals surface area contributed by atoms with Crippen LogP contribution in [0.1, 0.15) is 22.4 Å². The first-order valence-electron chi connectivity index (χ1n) is 6.71. The van der Waals surface area contributed by atoms with Crippen LogP contribution >= 0.6 is 0 Å². The van der Waals surface area contributed by atoms with Crippen molar-refractivity contribution in [3.63, 3.8) is 0 Å². The molecule has 1 N–H and O–H groups in total. The molecule has 3 nitrogen and oxygen atoms in total. The van der Waals surface area contributed by atoms with Crippen LogP contribution in [0.2, 0.25) is 0 Å². The predicted molar refractivity (Wildman–Crippen MR) is 74.8 cm³/mol. The number of hydrogen-bond donors (Lipinski definition) is 1. The molecule has 0 atom stereocenters. The SMILES string of the molecule is Cc1cccc(CC(=O)N2CCc3[nH]ccc3C2)c1. The van der Waals surface area contributed by atoms with Crippen molar-refractivity contribution in [1.29, 1.82) is 0 Å². The highest BCUT2D eigenvalue weighted by Gasteiger charge is 2.21. The van der Waals surface area contributed by atoms with E-state index in [4.69, 9.17) is 0 Å². The number of aryl methyl sites for hydroxylation is 1. The van der Waals surface area contributed by atoms with E-state index >= 15 is 0 Å². The molecule has 98 valence electrons. The van der Waals surface area contributed by atoms with Crippen LogP contribution in [0.25, 0.3) is 0 Å². The van der Waals surface area contributed by atoms with E-state index in [0.29, 0.717) is 6.42 Å². The van der Waals surface area contributed by atoms with Gasteiger partial charge >= 0.3 is 0 Å². The van der Waals surface area contributed by atoms with Crippen LogP contribution in [0.4, 0.5) is 0 Å². The average Bonchev–Trinajstić information content (AvgIpc) is 2.85. The van der Waals surface area contributed by atoms with Crippen LogP contribution in [0, 0.1) is 6.92 Å². The fourth-order valence-electron chi connectivity index (χ4n) is 2.67. The maximum atomic E-state index is 12.3. The third-order valence-corrected chi connectivity index (χ3v) is 3.71. The van der Waals surface area contributed by atoms with Crippen LogP contribution in [0.15, 0.2) is 36.5 Å². The van der Waals surface area contributed by atoms with Gasteiger partial charge in [-0.2, -0.15) is 0 Å². The Kier molecular flexibility index (Phi) is 3.11. The summed E-state index contributed by atoms with van der Waals surface area (Å²) < 4.78 is 0. The Morgan fingerprint density at radius 2 is 2.26 bits per heavy atom. The number of benzene rings is 1. The number of carbonyl (C=O) groups excluding carboxylic acids is 1. The van der Waals surface area contributed by atoms with Gasteiger partial charge in [0.2, 0.25) is 5.91 Å². The second-order valence-electron chi connectivity index (χ2n) is 5.21. The summed E-state index contributed by atoms with van der Waals surface area (Å²) >= 11 is 0. The van der Waals surface area contributed by atoms with Gasteiger partial charge in [-0.3, -0.25) is 4.79 Å². The van der Waals surface area contributed by atoms with Gasteiger partial charge in [0.1, 0.15) is 0 Å². The summed E-state index contributed by atoms with van der Waals surface area (Å²) in [6, 6.07) is 10.3. The highest BCUT2D eigenvalue weighted by Crippen LogP contribution is 2.18. The number of hydrogen-bond acceptors (Lipinski definition) is 1. The molecule has 0 saturated carbocycles. The summed E-state index contributed by atoms with van der Waals surface area (Å²) in [6.45, 7) is 3.61. The molecule has 3 heteroatoms. The molecular formula is C16H18N2O. The van der Waals surface area contributed by atoms with Gasteiger partial charge in [-0.25, -0.2) is 0 Å². The Hall–Kier alpha value is -2.03. The highest BCUT2D eigenvalue weighted by atomic mass is 16.2. The Balaban J connectivity index is 1.69. The molecule has 1 aromatic heterocycles. The van der Waals surface area contributed by atoms with Gasteiger partial charge in [-0.1, -0.05) is 29.8 Å². The Bertz CT molecular complexity index is 600. The number of H-pyrrole nitrogens is 1. The summed E-state index contributed by atoms with van der Waals surface area (Å²) in [7, 11) is 0. The van der Waals surface area contributed by atoms with Crippen molar-refractivity contribution < 1.29 is 4.79 Å². The lowest BCUT2D eigenvalue weighted by Gasteiger charge is -2.27. The first-order valence-corrected chi connectivity index (χ1v) is 6.71. The minimum Gasteiger partial charge on any atom is -0.365 e. The maximum absolute atomic E-state index is 12.3. The predicted octanol–water partition coefficient (Wildman–Crippen LogP) is 2.45.